The Balaban J connectivity index is 1.60. The largest absolute Gasteiger partial charge is 0.486 e. The molecule has 0 unspecified atom stereocenters. The van der Waals surface area contributed by atoms with Gasteiger partial charge in [-0.15, -0.1) is 0 Å². The van der Waals surface area contributed by atoms with Crippen LogP contribution in [0.3, 0.4) is 0 Å². The number of urea groups is 1. The van der Waals surface area contributed by atoms with E-state index in [1.54, 1.807) is 12.1 Å². The Morgan fingerprint density at radius 1 is 1.06 bits per heavy atom. The number of barbiturate groups is 1. The number of amides is 4. The van der Waals surface area contributed by atoms with Crippen LogP contribution in [0.2, 0.25) is 5.02 Å². The lowest BCUT2D eigenvalue weighted by molar-refractivity contribution is -0.122. The summed E-state index contributed by atoms with van der Waals surface area (Å²) in [6, 6.07) is 14.9. The molecule has 0 aliphatic carbocycles. The van der Waals surface area contributed by atoms with E-state index in [0.29, 0.717) is 22.4 Å². The fraction of sp³-hybridized carbons (Fsp3) is 0.0417. The molecule has 1 saturated heterocycles. The van der Waals surface area contributed by atoms with Crippen LogP contribution in [0.5, 0.6) is 5.75 Å². The number of ether oxygens (including phenoxy) is 1. The van der Waals surface area contributed by atoms with Crippen molar-refractivity contribution in [2.24, 2.45) is 0 Å². The van der Waals surface area contributed by atoms with Gasteiger partial charge in [-0.05, 0) is 104 Å². The lowest BCUT2D eigenvalue weighted by atomic mass is 10.1. The maximum Gasteiger partial charge on any atom is 0.335 e. The maximum absolute atomic E-state index is 13.3. The molecular weight excluding hydrogens is 642 g/mol. The van der Waals surface area contributed by atoms with Gasteiger partial charge in [0, 0.05) is 3.57 Å². The number of nitrogens with one attached hydrogen (secondary N) is 1. The molecule has 3 aromatic rings. The van der Waals surface area contributed by atoms with Gasteiger partial charge in [-0.2, -0.15) is 0 Å². The number of carbonyl (C=O) groups is 3. The van der Waals surface area contributed by atoms with Crippen LogP contribution in [0.15, 0.2) is 70.7 Å². The number of halogens is 4. The first-order chi connectivity index (χ1) is 16.2. The van der Waals surface area contributed by atoms with E-state index in [2.05, 4.69) is 43.8 Å². The number of hydrogen-bond acceptors (Lipinski definition) is 4. The van der Waals surface area contributed by atoms with Gasteiger partial charge in [0.05, 0.1) is 15.2 Å². The molecule has 1 N–H and O–H groups in total. The van der Waals surface area contributed by atoms with E-state index in [1.807, 2.05) is 24.3 Å². The Kier molecular flexibility index (Phi) is 7.34. The van der Waals surface area contributed by atoms with E-state index in [1.165, 1.54) is 18.2 Å². The highest BCUT2D eigenvalue weighted by molar-refractivity contribution is 14.1. The third-order valence-electron chi connectivity index (χ3n) is 4.81. The average Bonchev–Trinajstić information content (AvgIpc) is 2.78. The predicted molar refractivity (Wildman–Crippen MR) is 138 cm³/mol. The highest BCUT2D eigenvalue weighted by atomic mass is 127. The van der Waals surface area contributed by atoms with Gasteiger partial charge in [0.1, 0.15) is 18.0 Å². The van der Waals surface area contributed by atoms with Crippen LogP contribution in [-0.2, 0) is 16.2 Å². The molecule has 1 heterocycles. The molecule has 1 aliphatic rings. The molecule has 34 heavy (non-hydrogen) atoms. The van der Waals surface area contributed by atoms with E-state index in [9.17, 15) is 18.8 Å². The molecule has 0 spiro atoms. The quantitative estimate of drug-likeness (QED) is 0.205. The molecule has 10 heteroatoms. The van der Waals surface area contributed by atoms with E-state index in [-0.39, 0.29) is 16.3 Å². The molecule has 4 amide bonds. The normalized spacial score (nSPS) is 15.0. The molecular formula is C24H14BrClFIN2O4. The molecule has 0 saturated carbocycles. The first-order valence-electron chi connectivity index (χ1n) is 9.76. The summed E-state index contributed by atoms with van der Waals surface area (Å²) in [4.78, 5) is 38.4. The molecule has 0 atom stereocenters. The van der Waals surface area contributed by atoms with Crippen molar-refractivity contribution in [3.63, 3.8) is 0 Å². The van der Waals surface area contributed by atoms with Gasteiger partial charge in [0.15, 0.2) is 5.75 Å². The monoisotopic (exact) mass is 654 g/mol. The Bertz CT molecular complexity index is 1310. The zero-order valence-electron chi connectivity index (χ0n) is 17.2. The molecule has 1 aliphatic heterocycles. The Morgan fingerprint density at radius 2 is 1.74 bits per heavy atom. The van der Waals surface area contributed by atoms with Crippen molar-refractivity contribution >= 4 is 79.7 Å². The number of hydrogen-bond donors (Lipinski definition) is 1. The number of carbonyl (C=O) groups excluding carboxylic acids is 3. The van der Waals surface area contributed by atoms with E-state index >= 15 is 0 Å². The van der Waals surface area contributed by atoms with Gasteiger partial charge in [0.2, 0.25) is 0 Å². The van der Waals surface area contributed by atoms with Gasteiger partial charge in [-0.1, -0.05) is 23.7 Å². The number of anilines is 1. The lowest BCUT2D eigenvalue weighted by Crippen LogP contribution is -2.54. The Morgan fingerprint density at radius 3 is 2.38 bits per heavy atom. The molecule has 6 nitrogen and oxygen atoms in total. The highest BCUT2D eigenvalue weighted by Gasteiger charge is 2.36. The molecule has 172 valence electrons. The number of imide groups is 2. The van der Waals surface area contributed by atoms with E-state index in [4.69, 9.17) is 16.3 Å². The van der Waals surface area contributed by atoms with Crippen molar-refractivity contribution in [3.05, 3.63) is 96.2 Å². The van der Waals surface area contributed by atoms with Crippen molar-refractivity contribution in [1.82, 2.24) is 5.32 Å². The Hall–Kier alpha value is -2.76. The molecule has 0 aromatic heterocycles. The fourth-order valence-electron chi connectivity index (χ4n) is 3.19. The fourth-order valence-corrected chi connectivity index (χ4v) is 4.53. The minimum absolute atomic E-state index is 0.126. The second-order valence-corrected chi connectivity index (χ2v) is 9.67. The third-order valence-corrected chi connectivity index (χ3v) is 6.40. The molecule has 0 bridgehead atoms. The van der Waals surface area contributed by atoms with Crippen LogP contribution < -0.4 is 15.0 Å². The average molecular weight is 656 g/mol. The minimum Gasteiger partial charge on any atom is -0.486 e. The summed E-state index contributed by atoms with van der Waals surface area (Å²) in [6.45, 7) is 0.297. The van der Waals surface area contributed by atoms with Crippen LogP contribution in [0.1, 0.15) is 11.1 Å². The smallest absolute Gasteiger partial charge is 0.335 e. The number of nitrogens with zero attached hydrogens (tertiary/aromatic N) is 1. The molecule has 0 radical (unpaired) electrons. The second-order valence-electron chi connectivity index (χ2n) is 7.16. The summed E-state index contributed by atoms with van der Waals surface area (Å²) in [6.07, 6.45) is 1.32. The summed E-state index contributed by atoms with van der Waals surface area (Å²) in [7, 11) is 0. The van der Waals surface area contributed by atoms with Crippen molar-refractivity contribution in [1.29, 1.82) is 0 Å². The van der Waals surface area contributed by atoms with Crippen LogP contribution in [0.25, 0.3) is 6.08 Å². The molecule has 3 aromatic carbocycles. The van der Waals surface area contributed by atoms with Gasteiger partial charge < -0.3 is 4.74 Å². The third kappa shape index (κ3) is 5.31. The van der Waals surface area contributed by atoms with Gasteiger partial charge >= 0.3 is 6.03 Å². The van der Waals surface area contributed by atoms with Gasteiger partial charge in [-0.25, -0.2) is 14.1 Å². The summed E-state index contributed by atoms with van der Waals surface area (Å²) < 4.78 is 20.7. The van der Waals surface area contributed by atoms with Crippen molar-refractivity contribution < 1.29 is 23.5 Å². The topological polar surface area (TPSA) is 75.7 Å². The first kappa shape index (κ1) is 24.4. The highest BCUT2D eigenvalue weighted by Crippen LogP contribution is 2.36. The first-order valence-corrected chi connectivity index (χ1v) is 12.0. The summed E-state index contributed by atoms with van der Waals surface area (Å²) >= 11 is 12.0. The van der Waals surface area contributed by atoms with Crippen molar-refractivity contribution in [2.75, 3.05) is 4.90 Å². The Labute approximate surface area is 221 Å². The van der Waals surface area contributed by atoms with Crippen molar-refractivity contribution in [3.8, 4) is 5.75 Å². The van der Waals surface area contributed by atoms with Gasteiger partial charge in [0.25, 0.3) is 11.8 Å². The zero-order valence-corrected chi connectivity index (χ0v) is 21.6. The van der Waals surface area contributed by atoms with E-state index in [0.717, 1.165) is 26.2 Å². The summed E-state index contributed by atoms with van der Waals surface area (Å²) in [5.74, 6) is -1.81. The van der Waals surface area contributed by atoms with Gasteiger partial charge in [-0.3, -0.25) is 14.9 Å². The number of rotatable bonds is 5. The van der Waals surface area contributed by atoms with Crippen LogP contribution in [0, 0.1) is 9.39 Å². The molecule has 1 fully saturated rings. The summed E-state index contributed by atoms with van der Waals surface area (Å²) in [5.41, 5.74) is 1.25. The minimum atomic E-state index is -0.919. The molecule has 4 rings (SSSR count). The standard InChI is InChI=1S/C24H14BrClFIN2O4/c25-19-10-14(11-20(26)21(19)34-12-13-1-5-16(28)6-2-13)9-18-22(31)29-24(33)30(23(18)32)17-7-3-15(27)4-8-17/h1-11H,12H2,(H,29,31,33)/b18-9+. The SMILES string of the molecule is O=C1NC(=O)N(c2ccc(F)cc2)C(=O)/C1=C/c1cc(Cl)c(OCc2ccc(I)cc2)c(Br)c1. The maximum atomic E-state index is 13.3. The lowest BCUT2D eigenvalue weighted by Gasteiger charge is -2.26. The zero-order chi connectivity index (χ0) is 24.4. The predicted octanol–water partition coefficient (Wildman–Crippen LogP) is 6.09. The van der Waals surface area contributed by atoms with Crippen molar-refractivity contribution in [2.45, 2.75) is 6.61 Å². The second kappa shape index (κ2) is 10.2. The van der Waals surface area contributed by atoms with Crippen LogP contribution in [-0.4, -0.2) is 17.8 Å². The summed E-state index contributed by atoms with van der Waals surface area (Å²) in [5, 5.41) is 2.39. The van der Waals surface area contributed by atoms with E-state index < -0.39 is 23.7 Å². The number of benzene rings is 3. The van der Waals surface area contributed by atoms with Crippen LogP contribution in [0.4, 0.5) is 14.9 Å². The van der Waals surface area contributed by atoms with Crippen LogP contribution >= 0.6 is 50.1 Å².